The summed E-state index contributed by atoms with van der Waals surface area (Å²) in [6, 6.07) is 0. The van der Waals surface area contributed by atoms with Gasteiger partial charge in [-0.05, 0) is 55.1 Å². The van der Waals surface area contributed by atoms with Crippen LogP contribution in [0.3, 0.4) is 0 Å². The average molecular weight is 435 g/mol. The van der Waals surface area contributed by atoms with E-state index in [1.165, 1.54) is 13.0 Å². The molecule has 7 heteroatoms. The third-order valence-electron chi connectivity index (χ3n) is 9.73. The number of hydrogen-bond donors (Lipinski definition) is 1. The van der Waals surface area contributed by atoms with Gasteiger partial charge in [0.05, 0.1) is 6.10 Å². The van der Waals surface area contributed by atoms with Crippen molar-refractivity contribution in [2.45, 2.75) is 83.3 Å². The van der Waals surface area contributed by atoms with E-state index >= 15 is 4.39 Å². The summed E-state index contributed by atoms with van der Waals surface area (Å²) in [5.74, 6) is -1.65. The minimum absolute atomic E-state index is 0.0252. The maximum Gasteiger partial charge on any atom is 0.303 e. The van der Waals surface area contributed by atoms with Crippen molar-refractivity contribution < 1.29 is 33.4 Å². The molecular formula is C24H31FO6. The Morgan fingerprint density at radius 3 is 2.68 bits per heavy atom. The number of fused-ring (bicyclic) bond motifs is 3. The van der Waals surface area contributed by atoms with Gasteiger partial charge >= 0.3 is 5.97 Å². The van der Waals surface area contributed by atoms with E-state index in [0.717, 1.165) is 0 Å². The first-order chi connectivity index (χ1) is 14.4. The molecule has 0 aromatic rings. The van der Waals surface area contributed by atoms with E-state index in [2.05, 4.69) is 0 Å². The number of rotatable bonds is 3. The summed E-state index contributed by atoms with van der Waals surface area (Å²) in [6.45, 7) is 6.58. The lowest BCUT2D eigenvalue weighted by molar-refractivity contribution is -0.171. The predicted octanol–water partition coefficient (Wildman–Crippen LogP) is 2.71. The Bertz CT molecular complexity index is 914. The first kappa shape index (κ1) is 21.3. The van der Waals surface area contributed by atoms with Crippen LogP contribution in [0, 0.1) is 28.6 Å². The summed E-state index contributed by atoms with van der Waals surface area (Å²) in [5.41, 5.74) is -2.95. The number of Topliss-reactive ketones (excluding diaryl/α,β-unsaturated/α-hetero) is 1. The van der Waals surface area contributed by atoms with E-state index in [4.69, 9.17) is 9.47 Å². The van der Waals surface area contributed by atoms with Crippen LogP contribution in [0.5, 0.6) is 0 Å². The molecule has 0 aromatic heterocycles. The van der Waals surface area contributed by atoms with Gasteiger partial charge in [-0.2, -0.15) is 0 Å². The maximum absolute atomic E-state index is 15.5. The first-order valence-corrected chi connectivity index (χ1v) is 11.4. The van der Waals surface area contributed by atoms with Gasteiger partial charge in [-0.1, -0.05) is 20.8 Å². The van der Waals surface area contributed by atoms with Gasteiger partial charge in [0.15, 0.2) is 12.4 Å². The van der Waals surface area contributed by atoms with Gasteiger partial charge in [0.2, 0.25) is 5.78 Å². The van der Waals surface area contributed by atoms with E-state index in [9.17, 15) is 19.5 Å². The molecule has 1 heterocycles. The molecule has 1 aliphatic heterocycles. The van der Waals surface area contributed by atoms with Crippen molar-refractivity contribution in [3.05, 3.63) is 11.6 Å². The van der Waals surface area contributed by atoms with Crippen LogP contribution in [-0.4, -0.2) is 52.7 Å². The van der Waals surface area contributed by atoms with Gasteiger partial charge in [-0.25, -0.2) is 4.39 Å². The summed E-state index contributed by atoms with van der Waals surface area (Å²) < 4.78 is 26.8. The molecule has 170 valence electrons. The predicted molar refractivity (Wildman–Crippen MR) is 108 cm³/mol. The van der Waals surface area contributed by atoms with Gasteiger partial charge in [-0.15, -0.1) is 0 Å². The third-order valence-corrected chi connectivity index (χ3v) is 9.73. The maximum atomic E-state index is 15.5. The fourth-order valence-electron chi connectivity index (χ4n) is 8.21. The van der Waals surface area contributed by atoms with Crippen LogP contribution in [0.1, 0.15) is 59.8 Å². The lowest BCUT2D eigenvalue weighted by Gasteiger charge is -2.57. The van der Waals surface area contributed by atoms with Crippen molar-refractivity contribution in [1.82, 2.24) is 0 Å². The standard InChI is InChI=1S/C24H31FO6/c1-12-7-15-16-9-18(25)17-8-14(27)5-6-21(17,3)24(16)20(31-24)10-22(15,4)23(12,29)19(28)11-30-13(2)26/h8,12,15-16,18,20,29H,5-7,9-11H2,1-4H3/t12-,15+,16+,18+,20+,21+,22+,23+,24-/m1/s1. The van der Waals surface area contributed by atoms with Crippen molar-refractivity contribution in [3.63, 3.8) is 0 Å². The highest BCUT2D eigenvalue weighted by atomic mass is 19.1. The smallest absolute Gasteiger partial charge is 0.303 e. The lowest BCUT2D eigenvalue weighted by Crippen LogP contribution is -2.64. The van der Waals surface area contributed by atoms with Crippen LogP contribution in [0.4, 0.5) is 4.39 Å². The molecule has 9 atom stereocenters. The topological polar surface area (TPSA) is 93.2 Å². The van der Waals surface area contributed by atoms with Crippen molar-refractivity contribution >= 4 is 17.5 Å². The number of carbonyl (C=O) groups is 3. The second-order valence-corrected chi connectivity index (χ2v) is 10.9. The Hall–Kier alpha value is -1.60. The summed E-state index contributed by atoms with van der Waals surface area (Å²) in [4.78, 5) is 36.4. The number of carbonyl (C=O) groups excluding carboxylic acids is 3. The molecule has 0 amide bonds. The minimum atomic E-state index is -1.66. The number of alkyl halides is 1. The molecule has 0 aromatic carbocycles. The van der Waals surface area contributed by atoms with Crippen molar-refractivity contribution in [2.24, 2.45) is 28.6 Å². The van der Waals surface area contributed by atoms with Crippen LogP contribution in [-0.2, 0) is 23.9 Å². The van der Waals surface area contributed by atoms with E-state index in [-0.39, 0.29) is 36.1 Å². The Labute approximate surface area is 181 Å². The van der Waals surface area contributed by atoms with Crippen molar-refractivity contribution in [1.29, 1.82) is 0 Å². The largest absolute Gasteiger partial charge is 0.458 e. The molecule has 1 spiro atoms. The van der Waals surface area contributed by atoms with Crippen molar-refractivity contribution in [2.75, 3.05) is 6.61 Å². The molecule has 1 N–H and O–H groups in total. The quantitative estimate of drug-likeness (QED) is 0.542. The number of esters is 1. The van der Waals surface area contributed by atoms with E-state index in [1.807, 2.05) is 20.8 Å². The Morgan fingerprint density at radius 2 is 2.00 bits per heavy atom. The monoisotopic (exact) mass is 434 g/mol. The molecule has 6 nitrogen and oxygen atoms in total. The number of ether oxygens (including phenoxy) is 2. The summed E-state index contributed by atoms with van der Waals surface area (Å²) in [6.07, 6.45) is 2.37. The van der Waals surface area contributed by atoms with E-state index < -0.39 is 46.6 Å². The van der Waals surface area contributed by atoms with Crippen LogP contribution in [0.25, 0.3) is 0 Å². The lowest BCUT2D eigenvalue weighted by atomic mass is 9.45. The molecule has 3 saturated carbocycles. The van der Waals surface area contributed by atoms with Gasteiger partial charge in [0, 0.05) is 24.2 Å². The van der Waals surface area contributed by atoms with Gasteiger partial charge in [-0.3, -0.25) is 14.4 Å². The zero-order valence-electron chi connectivity index (χ0n) is 18.6. The molecule has 0 bridgehead atoms. The van der Waals surface area contributed by atoms with Crippen LogP contribution in [0.15, 0.2) is 11.6 Å². The van der Waals surface area contributed by atoms with Crippen LogP contribution < -0.4 is 0 Å². The molecule has 0 unspecified atom stereocenters. The van der Waals surface area contributed by atoms with Gasteiger partial charge in [0.1, 0.15) is 17.4 Å². The second-order valence-electron chi connectivity index (χ2n) is 10.9. The van der Waals surface area contributed by atoms with Gasteiger partial charge < -0.3 is 14.6 Å². The summed E-state index contributed by atoms with van der Waals surface area (Å²) in [5, 5.41) is 11.8. The molecular weight excluding hydrogens is 403 g/mol. The average Bonchev–Trinajstić information content (AvgIpc) is 3.38. The highest BCUT2D eigenvalue weighted by Crippen LogP contribution is 2.77. The molecule has 5 aliphatic rings. The minimum Gasteiger partial charge on any atom is -0.458 e. The third kappa shape index (κ3) is 2.37. The summed E-state index contributed by atoms with van der Waals surface area (Å²) >= 11 is 0. The number of epoxide rings is 1. The molecule has 5 rings (SSSR count). The number of hydrogen-bond acceptors (Lipinski definition) is 6. The number of halogens is 1. The zero-order chi connectivity index (χ0) is 22.6. The zero-order valence-corrected chi connectivity index (χ0v) is 18.6. The normalized spacial score (nSPS) is 52.3. The Balaban J connectivity index is 1.54. The highest BCUT2D eigenvalue weighted by molar-refractivity contribution is 5.92. The van der Waals surface area contributed by atoms with Crippen LogP contribution in [0.2, 0.25) is 0 Å². The number of ketones is 2. The highest BCUT2D eigenvalue weighted by Gasteiger charge is 2.83. The molecule has 4 fully saturated rings. The molecule has 1 saturated heterocycles. The van der Waals surface area contributed by atoms with Crippen LogP contribution >= 0.6 is 0 Å². The second kappa shape index (κ2) is 6.25. The molecule has 0 radical (unpaired) electrons. The molecule has 31 heavy (non-hydrogen) atoms. The SMILES string of the molecule is CC(=O)OCC(=O)[C@@]1(O)[C@H](C)C[C@H]2[C@@H]3C[C@H](F)C4=CC(=O)CC[C@]4(C)[C@@]34O[C@H]4C[C@@]21C. The Morgan fingerprint density at radius 1 is 1.29 bits per heavy atom. The Kier molecular flexibility index (Phi) is 4.29. The fraction of sp³-hybridized carbons (Fsp3) is 0.792. The summed E-state index contributed by atoms with van der Waals surface area (Å²) in [7, 11) is 0. The fourth-order valence-corrected chi connectivity index (χ4v) is 8.21. The van der Waals surface area contributed by atoms with Gasteiger partial charge in [0.25, 0.3) is 0 Å². The number of aliphatic hydroxyl groups is 1. The van der Waals surface area contributed by atoms with E-state index in [1.54, 1.807) is 0 Å². The first-order valence-electron chi connectivity index (χ1n) is 11.4. The van der Waals surface area contributed by atoms with E-state index in [0.29, 0.717) is 31.3 Å². The molecule has 4 aliphatic carbocycles. The van der Waals surface area contributed by atoms with Crippen molar-refractivity contribution in [3.8, 4) is 0 Å².